The van der Waals surface area contributed by atoms with E-state index in [1.54, 1.807) is 37.4 Å². The fraction of sp³-hybridized carbons (Fsp3) is 0.200. The van der Waals surface area contributed by atoms with Gasteiger partial charge >= 0.3 is 0 Å². The summed E-state index contributed by atoms with van der Waals surface area (Å²) in [5, 5.41) is 5.57. The number of benzene rings is 1. The van der Waals surface area contributed by atoms with Crippen molar-refractivity contribution in [2.45, 2.75) is 0 Å². The summed E-state index contributed by atoms with van der Waals surface area (Å²) in [4.78, 5) is 15.8. The molecule has 0 aliphatic heterocycles. The number of pyridine rings is 1. The van der Waals surface area contributed by atoms with Gasteiger partial charge in [-0.3, -0.25) is 4.79 Å². The Morgan fingerprint density at radius 2 is 2.10 bits per heavy atom. The highest BCUT2D eigenvalue weighted by Gasteiger charge is 2.07. The van der Waals surface area contributed by atoms with Crippen LogP contribution in [0, 0.1) is 5.82 Å². The van der Waals surface area contributed by atoms with Crippen molar-refractivity contribution in [2.75, 3.05) is 25.6 Å². The Hall–Kier alpha value is -2.47. The molecule has 0 aliphatic carbocycles. The Morgan fingerprint density at radius 1 is 1.29 bits per heavy atom. The number of nitrogens with zero attached hydrogens (tertiary/aromatic N) is 1. The third kappa shape index (κ3) is 4.25. The van der Waals surface area contributed by atoms with Gasteiger partial charge in [-0.2, -0.15) is 0 Å². The molecule has 2 aromatic rings. The lowest BCUT2D eigenvalue weighted by atomic mass is 10.2. The van der Waals surface area contributed by atoms with Crippen molar-refractivity contribution in [3.05, 3.63) is 54.1 Å². The molecule has 0 unspecified atom stereocenters. The molecule has 0 saturated heterocycles. The Balaban J connectivity index is 1.99. The summed E-state index contributed by atoms with van der Waals surface area (Å²) in [5.41, 5.74) is 1.26. The van der Waals surface area contributed by atoms with Crippen molar-refractivity contribution in [3.63, 3.8) is 0 Å². The molecule has 21 heavy (non-hydrogen) atoms. The Morgan fingerprint density at radius 3 is 2.76 bits per heavy atom. The van der Waals surface area contributed by atoms with Crippen LogP contribution in [0.1, 0.15) is 10.5 Å². The average molecular weight is 289 g/mol. The number of carbonyl (C=O) groups excluding carboxylic acids is 1. The number of nitrogens with one attached hydrogen (secondary N) is 2. The second-order valence-corrected chi connectivity index (χ2v) is 4.29. The fourth-order valence-corrected chi connectivity index (χ4v) is 1.68. The minimum Gasteiger partial charge on any atom is -0.383 e. The van der Waals surface area contributed by atoms with Gasteiger partial charge in [0.15, 0.2) is 0 Å². The molecule has 1 aromatic heterocycles. The Labute approximate surface area is 122 Å². The van der Waals surface area contributed by atoms with Crippen molar-refractivity contribution < 1.29 is 13.9 Å². The summed E-state index contributed by atoms with van der Waals surface area (Å²) in [6.07, 6.45) is 1.48. The van der Waals surface area contributed by atoms with Crippen molar-refractivity contribution in [1.82, 2.24) is 10.3 Å². The Kier molecular flexibility index (Phi) is 5.22. The van der Waals surface area contributed by atoms with E-state index < -0.39 is 0 Å². The smallest absolute Gasteiger partial charge is 0.269 e. The molecule has 0 spiro atoms. The number of methoxy groups -OCH3 is 1. The summed E-state index contributed by atoms with van der Waals surface area (Å²) in [5.74, 6) is -0.622. The van der Waals surface area contributed by atoms with Gasteiger partial charge in [-0.25, -0.2) is 9.37 Å². The van der Waals surface area contributed by atoms with Crippen molar-refractivity contribution >= 4 is 17.3 Å². The molecule has 0 atom stereocenters. The van der Waals surface area contributed by atoms with Crippen LogP contribution in [0.15, 0.2) is 42.6 Å². The zero-order valence-corrected chi connectivity index (χ0v) is 11.6. The standard InChI is InChI=1S/C15H16FN3O2/c1-21-9-8-17-15(20)14-7-6-11(10-18-14)19-13-5-3-2-4-12(13)16/h2-7,10,19H,8-9H2,1H3,(H,17,20). The normalized spacial score (nSPS) is 10.2. The second-order valence-electron chi connectivity index (χ2n) is 4.29. The van der Waals surface area contributed by atoms with Gasteiger partial charge in [-0.05, 0) is 24.3 Å². The first-order valence-electron chi connectivity index (χ1n) is 6.45. The zero-order valence-electron chi connectivity index (χ0n) is 11.6. The number of carbonyl (C=O) groups is 1. The maximum atomic E-state index is 13.5. The van der Waals surface area contributed by atoms with E-state index in [9.17, 15) is 9.18 Å². The van der Waals surface area contributed by atoms with Gasteiger partial charge in [-0.1, -0.05) is 12.1 Å². The molecule has 110 valence electrons. The van der Waals surface area contributed by atoms with Crippen LogP contribution in [0.25, 0.3) is 0 Å². The van der Waals surface area contributed by atoms with E-state index in [-0.39, 0.29) is 11.7 Å². The monoisotopic (exact) mass is 289 g/mol. The molecule has 0 aliphatic rings. The maximum Gasteiger partial charge on any atom is 0.269 e. The summed E-state index contributed by atoms with van der Waals surface area (Å²) in [7, 11) is 1.56. The third-order valence-electron chi connectivity index (χ3n) is 2.74. The molecular formula is C15H16FN3O2. The third-order valence-corrected chi connectivity index (χ3v) is 2.74. The van der Waals surface area contributed by atoms with Crippen molar-refractivity contribution in [2.24, 2.45) is 0 Å². The quantitative estimate of drug-likeness (QED) is 0.801. The van der Waals surface area contributed by atoms with Gasteiger partial charge in [0.05, 0.1) is 24.2 Å². The molecule has 2 N–H and O–H groups in total. The van der Waals surface area contributed by atoms with Crippen LogP contribution in [0.5, 0.6) is 0 Å². The molecule has 0 saturated carbocycles. The van der Waals surface area contributed by atoms with Crippen LogP contribution in [0.2, 0.25) is 0 Å². The van der Waals surface area contributed by atoms with Gasteiger partial charge < -0.3 is 15.4 Å². The molecular weight excluding hydrogens is 273 g/mol. The molecule has 5 nitrogen and oxygen atoms in total. The lowest BCUT2D eigenvalue weighted by molar-refractivity contribution is 0.0932. The minimum absolute atomic E-state index is 0.274. The number of halogens is 1. The second kappa shape index (κ2) is 7.35. The van der Waals surface area contributed by atoms with Crippen LogP contribution >= 0.6 is 0 Å². The van der Waals surface area contributed by atoms with Gasteiger partial charge in [0.25, 0.3) is 5.91 Å². The van der Waals surface area contributed by atoms with Crippen LogP contribution in [-0.2, 0) is 4.74 Å². The van der Waals surface area contributed by atoms with Gasteiger partial charge in [0.1, 0.15) is 11.5 Å². The van der Waals surface area contributed by atoms with Gasteiger partial charge in [0.2, 0.25) is 0 Å². The van der Waals surface area contributed by atoms with Crippen molar-refractivity contribution in [3.8, 4) is 0 Å². The summed E-state index contributed by atoms with van der Waals surface area (Å²) >= 11 is 0. The van der Waals surface area contributed by atoms with E-state index >= 15 is 0 Å². The molecule has 0 radical (unpaired) electrons. The number of aromatic nitrogens is 1. The lowest BCUT2D eigenvalue weighted by Crippen LogP contribution is -2.27. The predicted molar refractivity (Wildman–Crippen MR) is 78.1 cm³/mol. The number of ether oxygens (including phenoxy) is 1. The van der Waals surface area contributed by atoms with E-state index in [2.05, 4.69) is 15.6 Å². The van der Waals surface area contributed by atoms with E-state index in [1.165, 1.54) is 12.3 Å². The Bertz CT molecular complexity index is 602. The zero-order chi connectivity index (χ0) is 15.1. The largest absolute Gasteiger partial charge is 0.383 e. The number of rotatable bonds is 6. The van der Waals surface area contributed by atoms with E-state index in [1.807, 2.05) is 0 Å². The van der Waals surface area contributed by atoms with Crippen LogP contribution in [-0.4, -0.2) is 31.2 Å². The molecule has 1 amide bonds. The molecule has 6 heteroatoms. The molecule has 1 aromatic carbocycles. The summed E-state index contributed by atoms with van der Waals surface area (Å²) in [6, 6.07) is 9.59. The first-order valence-corrected chi connectivity index (χ1v) is 6.45. The molecule has 2 rings (SSSR count). The maximum absolute atomic E-state index is 13.5. The highest BCUT2D eigenvalue weighted by Crippen LogP contribution is 2.18. The highest BCUT2D eigenvalue weighted by atomic mass is 19.1. The predicted octanol–water partition coefficient (Wildman–Crippen LogP) is 2.34. The summed E-state index contributed by atoms with van der Waals surface area (Å²) in [6.45, 7) is 0.866. The van der Waals surface area contributed by atoms with Crippen molar-refractivity contribution in [1.29, 1.82) is 0 Å². The van der Waals surface area contributed by atoms with Gasteiger partial charge in [0, 0.05) is 13.7 Å². The van der Waals surface area contributed by atoms with E-state index in [0.717, 1.165) is 0 Å². The number of amides is 1. The van der Waals surface area contributed by atoms with Gasteiger partial charge in [-0.15, -0.1) is 0 Å². The van der Waals surface area contributed by atoms with E-state index in [0.29, 0.717) is 30.2 Å². The number of hydrogen-bond donors (Lipinski definition) is 2. The highest BCUT2D eigenvalue weighted by molar-refractivity contribution is 5.92. The fourth-order valence-electron chi connectivity index (χ4n) is 1.68. The first kappa shape index (κ1) is 14.9. The lowest BCUT2D eigenvalue weighted by Gasteiger charge is -2.08. The van der Waals surface area contributed by atoms with E-state index in [4.69, 9.17) is 4.74 Å². The SMILES string of the molecule is COCCNC(=O)c1ccc(Nc2ccccc2F)cn1. The minimum atomic E-state index is -0.348. The van der Waals surface area contributed by atoms with Crippen LogP contribution < -0.4 is 10.6 Å². The van der Waals surface area contributed by atoms with Crippen LogP contribution in [0.3, 0.4) is 0 Å². The number of para-hydroxylation sites is 1. The topological polar surface area (TPSA) is 63.2 Å². The number of hydrogen-bond acceptors (Lipinski definition) is 4. The average Bonchev–Trinajstić information content (AvgIpc) is 2.50. The summed E-state index contributed by atoms with van der Waals surface area (Å²) < 4.78 is 18.3. The first-order chi connectivity index (χ1) is 10.2. The molecule has 1 heterocycles. The molecule has 0 bridgehead atoms. The van der Waals surface area contributed by atoms with Crippen LogP contribution in [0.4, 0.5) is 15.8 Å². The number of anilines is 2. The molecule has 0 fully saturated rings.